The Morgan fingerprint density at radius 2 is 2.04 bits per heavy atom. The number of halogens is 1. The standard InChI is InChI=1S/C17H30N4O2.HI/c1-3-7-18-17(19-8-6-16-5-4-11-23-16)20-14-15(2)21-9-12-22-13-10-21;/h4-5,11,15H,3,6-10,12-14H2,1-2H3,(H2,18,19,20);1H. The molecule has 1 aromatic rings. The van der Waals surface area contributed by atoms with Gasteiger partial charge in [-0.2, -0.15) is 0 Å². The van der Waals surface area contributed by atoms with Crippen molar-refractivity contribution in [2.24, 2.45) is 4.99 Å². The summed E-state index contributed by atoms with van der Waals surface area (Å²) in [5.41, 5.74) is 0. The molecule has 6 nitrogen and oxygen atoms in total. The molecule has 7 heteroatoms. The topological polar surface area (TPSA) is 62.0 Å². The predicted molar refractivity (Wildman–Crippen MR) is 108 cm³/mol. The molecule has 138 valence electrons. The van der Waals surface area contributed by atoms with Gasteiger partial charge in [0, 0.05) is 38.6 Å². The maximum atomic E-state index is 5.41. The summed E-state index contributed by atoms with van der Waals surface area (Å²) in [5.74, 6) is 1.88. The molecule has 24 heavy (non-hydrogen) atoms. The largest absolute Gasteiger partial charge is 0.469 e. The lowest BCUT2D eigenvalue weighted by Gasteiger charge is -2.31. The van der Waals surface area contributed by atoms with Gasteiger partial charge in [0.05, 0.1) is 26.0 Å². The molecular formula is C17H31IN4O2. The number of morpholine rings is 1. The maximum Gasteiger partial charge on any atom is 0.191 e. The van der Waals surface area contributed by atoms with Gasteiger partial charge >= 0.3 is 0 Å². The molecule has 0 aromatic carbocycles. The van der Waals surface area contributed by atoms with Crippen LogP contribution in [0.1, 0.15) is 26.0 Å². The van der Waals surface area contributed by atoms with Crippen LogP contribution >= 0.6 is 24.0 Å². The van der Waals surface area contributed by atoms with Crippen molar-refractivity contribution >= 4 is 29.9 Å². The molecule has 2 N–H and O–H groups in total. The van der Waals surface area contributed by atoms with E-state index in [9.17, 15) is 0 Å². The van der Waals surface area contributed by atoms with E-state index >= 15 is 0 Å². The van der Waals surface area contributed by atoms with E-state index in [0.717, 1.165) is 70.5 Å². The van der Waals surface area contributed by atoms with E-state index in [2.05, 4.69) is 29.4 Å². The van der Waals surface area contributed by atoms with Gasteiger partial charge in [0.1, 0.15) is 5.76 Å². The Morgan fingerprint density at radius 3 is 2.71 bits per heavy atom. The fourth-order valence-corrected chi connectivity index (χ4v) is 2.53. The molecule has 0 aliphatic carbocycles. The van der Waals surface area contributed by atoms with Crippen LogP contribution in [0.15, 0.2) is 27.8 Å². The van der Waals surface area contributed by atoms with Crippen LogP contribution in [0, 0.1) is 0 Å². The predicted octanol–water partition coefficient (Wildman–Crippen LogP) is 2.11. The molecule has 1 aliphatic heterocycles. The number of furan rings is 1. The molecule has 1 aliphatic rings. The fourth-order valence-electron chi connectivity index (χ4n) is 2.53. The Bertz CT molecular complexity index is 447. The molecule has 1 aromatic heterocycles. The first-order valence-electron chi connectivity index (χ1n) is 8.66. The Labute approximate surface area is 162 Å². The molecule has 0 bridgehead atoms. The van der Waals surface area contributed by atoms with Crippen LogP contribution in [-0.4, -0.2) is 62.8 Å². The lowest BCUT2D eigenvalue weighted by atomic mass is 10.2. The first-order valence-corrected chi connectivity index (χ1v) is 8.66. The summed E-state index contributed by atoms with van der Waals surface area (Å²) in [7, 11) is 0. The van der Waals surface area contributed by atoms with Gasteiger partial charge in [-0.15, -0.1) is 24.0 Å². The van der Waals surface area contributed by atoms with Crippen molar-refractivity contribution in [2.45, 2.75) is 32.7 Å². The minimum atomic E-state index is 0. The van der Waals surface area contributed by atoms with E-state index in [1.807, 2.05) is 12.1 Å². The van der Waals surface area contributed by atoms with E-state index in [4.69, 9.17) is 14.1 Å². The highest BCUT2D eigenvalue weighted by Gasteiger charge is 2.16. The monoisotopic (exact) mass is 450 g/mol. The van der Waals surface area contributed by atoms with Crippen molar-refractivity contribution in [3.63, 3.8) is 0 Å². The normalized spacial score (nSPS) is 17.2. The molecule has 2 heterocycles. The van der Waals surface area contributed by atoms with Crippen molar-refractivity contribution < 1.29 is 9.15 Å². The molecule has 1 atom stereocenters. The summed E-state index contributed by atoms with van der Waals surface area (Å²) in [6, 6.07) is 4.35. The van der Waals surface area contributed by atoms with E-state index in [-0.39, 0.29) is 24.0 Å². The highest BCUT2D eigenvalue weighted by atomic mass is 127. The van der Waals surface area contributed by atoms with Crippen LogP contribution in [0.25, 0.3) is 0 Å². The summed E-state index contributed by atoms with van der Waals surface area (Å²) in [6.45, 7) is 10.6. The summed E-state index contributed by atoms with van der Waals surface area (Å²) in [5, 5.41) is 6.76. The molecule has 2 rings (SSSR count). The van der Waals surface area contributed by atoms with Crippen molar-refractivity contribution in [3.8, 4) is 0 Å². The number of hydrogen-bond acceptors (Lipinski definition) is 4. The first kappa shape index (κ1) is 21.2. The fraction of sp³-hybridized carbons (Fsp3) is 0.706. The van der Waals surface area contributed by atoms with Gasteiger partial charge in [0.15, 0.2) is 5.96 Å². The third-order valence-corrected chi connectivity index (χ3v) is 3.97. The molecular weight excluding hydrogens is 419 g/mol. The number of aliphatic imine (C=N–C) groups is 1. The zero-order chi connectivity index (χ0) is 16.3. The second-order valence-corrected chi connectivity index (χ2v) is 5.87. The number of ether oxygens (including phenoxy) is 1. The number of rotatable bonds is 8. The Kier molecular flexibility index (Phi) is 11.1. The van der Waals surface area contributed by atoms with Crippen LogP contribution in [0.3, 0.4) is 0 Å². The van der Waals surface area contributed by atoms with Crippen LogP contribution in [-0.2, 0) is 11.2 Å². The third kappa shape index (κ3) is 7.85. The van der Waals surface area contributed by atoms with Crippen molar-refractivity contribution in [1.82, 2.24) is 15.5 Å². The Hall–Kier alpha value is -0.800. The lowest BCUT2D eigenvalue weighted by molar-refractivity contribution is 0.0220. The van der Waals surface area contributed by atoms with Gasteiger partial charge in [-0.3, -0.25) is 9.89 Å². The smallest absolute Gasteiger partial charge is 0.191 e. The van der Waals surface area contributed by atoms with Crippen molar-refractivity contribution in [1.29, 1.82) is 0 Å². The highest BCUT2D eigenvalue weighted by Crippen LogP contribution is 2.04. The molecule has 0 amide bonds. The third-order valence-electron chi connectivity index (χ3n) is 3.97. The van der Waals surface area contributed by atoms with Crippen LogP contribution in [0.5, 0.6) is 0 Å². The number of nitrogens with zero attached hydrogens (tertiary/aromatic N) is 2. The number of nitrogens with one attached hydrogen (secondary N) is 2. The molecule has 1 unspecified atom stereocenters. The SMILES string of the molecule is CCCNC(=NCC(C)N1CCOCC1)NCCc1ccco1.I. The summed E-state index contributed by atoms with van der Waals surface area (Å²) >= 11 is 0. The van der Waals surface area contributed by atoms with E-state index in [1.165, 1.54) is 0 Å². The van der Waals surface area contributed by atoms with E-state index < -0.39 is 0 Å². The Balaban J connectivity index is 0.00000288. The van der Waals surface area contributed by atoms with Gasteiger partial charge in [-0.25, -0.2) is 0 Å². The lowest BCUT2D eigenvalue weighted by Crippen LogP contribution is -2.44. The summed E-state index contributed by atoms with van der Waals surface area (Å²) in [4.78, 5) is 7.17. The summed E-state index contributed by atoms with van der Waals surface area (Å²) in [6.07, 6.45) is 3.65. The average molecular weight is 450 g/mol. The van der Waals surface area contributed by atoms with Gasteiger partial charge in [-0.05, 0) is 25.5 Å². The number of hydrogen-bond donors (Lipinski definition) is 2. The van der Waals surface area contributed by atoms with Gasteiger partial charge in [0.25, 0.3) is 0 Å². The second kappa shape index (κ2) is 12.5. The van der Waals surface area contributed by atoms with Crippen LogP contribution in [0.4, 0.5) is 0 Å². The summed E-state index contributed by atoms with van der Waals surface area (Å²) < 4.78 is 10.8. The molecule has 0 saturated carbocycles. The zero-order valence-electron chi connectivity index (χ0n) is 14.8. The van der Waals surface area contributed by atoms with E-state index in [1.54, 1.807) is 6.26 Å². The number of guanidine groups is 1. The molecule has 0 spiro atoms. The van der Waals surface area contributed by atoms with E-state index in [0.29, 0.717) is 6.04 Å². The van der Waals surface area contributed by atoms with Gasteiger partial charge in [0.2, 0.25) is 0 Å². The average Bonchev–Trinajstić information content (AvgIpc) is 3.10. The van der Waals surface area contributed by atoms with Crippen molar-refractivity contribution in [2.75, 3.05) is 45.9 Å². The minimum Gasteiger partial charge on any atom is -0.469 e. The van der Waals surface area contributed by atoms with Crippen LogP contribution < -0.4 is 10.6 Å². The molecule has 1 fully saturated rings. The van der Waals surface area contributed by atoms with Crippen molar-refractivity contribution in [3.05, 3.63) is 24.2 Å². The highest BCUT2D eigenvalue weighted by molar-refractivity contribution is 14.0. The second-order valence-electron chi connectivity index (χ2n) is 5.87. The van der Waals surface area contributed by atoms with Crippen LogP contribution in [0.2, 0.25) is 0 Å². The Morgan fingerprint density at radius 1 is 1.29 bits per heavy atom. The van der Waals surface area contributed by atoms with Gasteiger partial charge < -0.3 is 19.8 Å². The first-order chi connectivity index (χ1) is 11.3. The minimum absolute atomic E-state index is 0. The maximum absolute atomic E-state index is 5.41. The zero-order valence-corrected chi connectivity index (χ0v) is 17.1. The quantitative estimate of drug-likeness (QED) is 0.361. The molecule has 0 radical (unpaired) electrons. The molecule has 1 saturated heterocycles. The van der Waals surface area contributed by atoms with Gasteiger partial charge in [-0.1, -0.05) is 6.92 Å².